The minimum Gasteiger partial charge on any atom is -0.295 e. The van der Waals surface area contributed by atoms with Crippen molar-refractivity contribution in [2.75, 3.05) is 5.75 Å². The van der Waals surface area contributed by atoms with E-state index in [1.165, 1.54) is 17.3 Å². The molecule has 3 aromatic rings. The summed E-state index contributed by atoms with van der Waals surface area (Å²) in [7, 11) is 0. The molecule has 0 aliphatic carbocycles. The number of thioether (sulfide) groups is 1. The van der Waals surface area contributed by atoms with Crippen molar-refractivity contribution in [2.45, 2.75) is 25.9 Å². The Hall–Kier alpha value is -2.07. The summed E-state index contributed by atoms with van der Waals surface area (Å²) in [6.45, 7) is 6.11. The van der Waals surface area contributed by atoms with Crippen molar-refractivity contribution >= 4 is 23.1 Å². The van der Waals surface area contributed by atoms with Crippen molar-refractivity contribution in [1.29, 1.82) is 0 Å². The molecule has 0 saturated heterocycles. The molecule has 0 radical (unpaired) electrons. The van der Waals surface area contributed by atoms with Gasteiger partial charge in [0.2, 0.25) is 0 Å². The van der Waals surface area contributed by atoms with Gasteiger partial charge in [-0.05, 0) is 55.7 Å². The van der Waals surface area contributed by atoms with Crippen LogP contribution in [0.1, 0.15) is 27.0 Å². The van der Waals surface area contributed by atoms with Gasteiger partial charge in [0.25, 0.3) is 0 Å². The van der Waals surface area contributed by atoms with Crippen LogP contribution in [0, 0.1) is 20.8 Å². The lowest BCUT2D eigenvalue weighted by atomic mass is 9.99. The zero-order valence-electron chi connectivity index (χ0n) is 13.0. The van der Waals surface area contributed by atoms with E-state index in [1.807, 2.05) is 54.9 Å². The molecular weight excluding hydrogens is 292 g/mol. The molecular formula is C18H18N2OS. The number of benzene rings is 1. The Morgan fingerprint density at radius 1 is 1.14 bits per heavy atom. The summed E-state index contributed by atoms with van der Waals surface area (Å²) < 4.78 is 2.01. The predicted octanol–water partition coefficient (Wildman–Crippen LogP) is 4.23. The Bertz CT molecular complexity index is 851. The maximum atomic E-state index is 12.5. The van der Waals surface area contributed by atoms with Gasteiger partial charge >= 0.3 is 0 Å². The average molecular weight is 310 g/mol. The first kappa shape index (κ1) is 14.9. The minimum atomic E-state index is 0.151. The molecule has 0 unspecified atom stereocenters. The van der Waals surface area contributed by atoms with Crippen LogP contribution in [0.15, 0.2) is 47.9 Å². The molecule has 3 rings (SSSR count). The van der Waals surface area contributed by atoms with Gasteiger partial charge in [-0.2, -0.15) is 0 Å². The van der Waals surface area contributed by atoms with Gasteiger partial charge in [0.1, 0.15) is 0 Å². The first-order valence-electron chi connectivity index (χ1n) is 7.22. The lowest BCUT2D eigenvalue weighted by molar-refractivity contribution is 0.102. The molecule has 22 heavy (non-hydrogen) atoms. The van der Waals surface area contributed by atoms with E-state index in [0.29, 0.717) is 5.75 Å². The number of aromatic nitrogens is 2. The van der Waals surface area contributed by atoms with Crippen molar-refractivity contribution in [1.82, 2.24) is 9.38 Å². The summed E-state index contributed by atoms with van der Waals surface area (Å²) in [5.41, 5.74) is 5.28. The minimum absolute atomic E-state index is 0.151. The van der Waals surface area contributed by atoms with E-state index in [-0.39, 0.29) is 5.78 Å². The monoisotopic (exact) mass is 310 g/mol. The van der Waals surface area contributed by atoms with Crippen LogP contribution in [0.4, 0.5) is 0 Å². The van der Waals surface area contributed by atoms with Gasteiger partial charge < -0.3 is 0 Å². The lowest BCUT2D eigenvalue weighted by Gasteiger charge is -2.08. The maximum absolute atomic E-state index is 12.5. The van der Waals surface area contributed by atoms with E-state index in [1.54, 1.807) is 0 Å². The van der Waals surface area contributed by atoms with Gasteiger partial charge in [0.05, 0.1) is 17.5 Å². The number of carbonyl (C=O) groups is 1. The van der Waals surface area contributed by atoms with Crippen molar-refractivity contribution in [3.05, 3.63) is 65.0 Å². The van der Waals surface area contributed by atoms with E-state index in [0.717, 1.165) is 27.4 Å². The molecule has 0 fully saturated rings. The van der Waals surface area contributed by atoms with Crippen molar-refractivity contribution in [2.24, 2.45) is 0 Å². The van der Waals surface area contributed by atoms with Crippen LogP contribution in [-0.4, -0.2) is 20.9 Å². The standard InChI is InChI=1S/C18H18N2OS/c1-12-8-14(3)16(9-13(12)2)17(21)11-22-18-19-10-15-6-4-5-7-20(15)18/h4-10H,11H2,1-3H3. The molecule has 0 aliphatic heterocycles. The highest BCUT2D eigenvalue weighted by Gasteiger charge is 2.13. The number of ketones is 1. The summed E-state index contributed by atoms with van der Waals surface area (Å²) >= 11 is 1.48. The predicted molar refractivity (Wildman–Crippen MR) is 90.9 cm³/mol. The number of imidazole rings is 1. The second-order valence-corrected chi connectivity index (χ2v) is 6.44. The van der Waals surface area contributed by atoms with Crippen LogP contribution < -0.4 is 0 Å². The number of carbonyl (C=O) groups excluding carboxylic acids is 1. The summed E-state index contributed by atoms with van der Waals surface area (Å²) in [5.74, 6) is 0.551. The molecule has 2 aromatic heterocycles. The Balaban J connectivity index is 1.79. The maximum Gasteiger partial charge on any atom is 0.173 e. The number of hydrogen-bond acceptors (Lipinski definition) is 3. The van der Waals surface area contributed by atoms with Gasteiger partial charge in [0, 0.05) is 11.8 Å². The molecule has 0 N–H and O–H groups in total. The SMILES string of the molecule is Cc1cc(C)c(C(=O)CSc2ncc3ccccn23)cc1C. The first-order chi connectivity index (χ1) is 10.6. The van der Waals surface area contributed by atoms with Gasteiger partial charge in [-0.25, -0.2) is 4.98 Å². The fourth-order valence-electron chi connectivity index (χ4n) is 2.49. The molecule has 4 heteroatoms. The number of pyridine rings is 1. The third-order valence-corrected chi connectivity index (χ3v) is 4.85. The first-order valence-corrected chi connectivity index (χ1v) is 8.21. The topological polar surface area (TPSA) is 34.4 Å². The van der Waals surface area contributed by atoms with Crippen molar-refractivity contribution < 1.29 is 4.79 Å². The van der Waals surface area contributed by atoms with Crippen LogP contribution in [0.2, 0.25) is 0 Å². The third-order valence-electron chi connectivity index (χ3n) is 3.88. The molecule has 0 bridgehead atoms. The summed E-state index contributed by atoms with van der Waals surface area (Å²) in [6, 6.07) is 10.0. The molecule has 3 nitrogen and oxygen atoms in total. The number of nitrogens with zero attached hydrogens (tertiary/aromatic N) is 2. The average Bonchev–Trinajstić information content (AvgIpc) is 2.92. The van der Waals surface area contributed by atoms with E-state index < -0.39 is 0 Å². The molecule has 2 heterocycles. The van der Waals surface area contributed by atoms with Gasteiger partial charge in [-0.1, -0.05) is 23.9 Å². The van der Waals surface area contributed by atoms with E-state index in [9.17, 15) is 4.79 Å². The zero-order valence-corrected chi connectivity index (χ0v) is 13.8. The third kappa shape index (κ3) is 2.79. The van der Waals surface area contributed by atoms with Gasteiger partial charge in [-0.15, -0.1) is 0 Å². The molecule has 0 aliphatic rings. The Kier molecular flexibility index (Phi) is 4.03. The zero-order chi connectivity index (χ0) is 15.7. The number of aryl methyl sites for hydroxylation is 3. The smallest absolute Gasteiger partial charge is 0.173 e. The van der Waals surface area contributed by atoms with Gasteiger partial charge in [0.15, 0.2) is 10.9 Å². The lowest BCUT2D eigenvalue weighted by Crippen LogP contribution is -2.06. The fraction of sp³-hybridized carbons (Fsp3) is 0.222. The molecule has 0 saturated carbocycles. The second-order valence-electron chi connectivity index (χ2n) is 5.50. The highest BCUT2D eigenvalue weighted by atomic mass is 32.2. The van der Waals surface area contributed by atoms with Crippen LogP contribution in [0.25, 0.3) is 5.52 Å². The number of fused-ring (bicyclic) bond motifs is 1. The van der Waals surface area contributed by atoms with Crippen LogP contribution in [0.3, 0.4) is 0 Å². The molecule has 1 aromatic carbocycles. The van der Waals surface area contributed by atoms with E-state index in [2.05, 4.69) is 18.0 Å². The fourth-order valence-corrected chi connectivity index (χ4v) is 3.34. The van der Waals surface area contributed by atoms with Crippen LogP contribution in [-0.2, 0) is 0 Å². The van der Waals surface area contributed by atoms with Crippen LogP contribution in [0.5, 0.6) is 0 Å². The van der Waals surface area contributed by atoms with E-state index >= 15 is 0 Å². The van der Waals surface area contributed by atoms with E-state index in [4.69, 9.17) is 0 Å². The quantitative estimate of drug-likeness (QED) is 0.534. The summed E-state index contributed by atoms with van der Waals surface area (Å²) in [5, 5.41) is 0.852. The Morgan fingerprint density at radius 3 is 2.73 bits per heavy atom. The highest BCUT2D eigenvalue weighted by molar-refractivity contribution is 7.99. The molecule has 112 valence electrons. The summed E-state index contributed by atoms with van der Waals surface area (Å²) in [6.07, 6.45) is 3.80. The molecule has 0 atom stereocenters. The Labute approximate surface area is 134 Å². The number of rotatable bonds is 4. The van der Waals surface area contributed by atoms with Gasteiger partial charge in [-0.3, -0.25) is 9.20 Å². The van der Waals surface area contributed by atoms with Crippen molar-refractivity contribution in [3.63, 3.8) is 0 Å². The van der Waals surface area contributed by atoms with Crippen LogP contribution >= 0.6 is 11.8 Å². The van der Waals surface area contributed by atoms with Crippen molar-refractivity contribution in [3.8, 4) is 0 Å². The largest absolute Gasteiger partial charge is 0.295 e. The highest BCUT2D eigenvalue weighted by Crippen LogP contribution is 2.22. The normalized spacial score (nSPS) is 11.0. The number of hydrogen-bond donors (Lipinski definition) is 0. The summed E-state index contributed by atoms with van der Waals surface area (Å²) in [4.78, 5) is 16.9. The second kappa shape index (κ2) is 5.97. The molecule has 0 spiro atoms. The molecule has 0 amide bonds. The number of Topliss-reactive ketones (excluding diaryl/α,β-unsaturated/α-hetero) is 1. The Morgan fingerprint density at radius 2 is 1.91 bits per heavy atom.